The van der Waals surface area contributed by atoms with E-state index in [4.69, 9.17) is 14.2 Å². The van der Waals surface area contributed by atoms with Crippen LogP contribution >= 0.6 is 0 Å². The number of carbonyl (C=O) groups is 3. The molecular formula is C32H42FN5O6. The average Bonchev–Trinajstić information content (AvgIpc) is 3.06. The fourth-order valence-electron chi connectivity index (χ4n) is 6.25. The number of carbonyl (C=O) groups excluding carboxylic acids is 3. The van der Waals surface area contributed by atoms with Crippen LogP contribution in [0.15, 0.2) is 24.3 Å². The molecule has 238 valence electrons. The third-order valence-corrected chi connectivity index (χ3v) is 8.62. The second kappa shape index (κ2) is 13.8. The van der Waals surface area contributed by atoms with Gasteiger partial charge in [-0.25, -0.2) is 23.7 Å². The largest absolute Gasteiger partial charge is 0.496 e. The first-order valence-electron chi connectivity index (χ1n) is 15.4. The zero-order valence-corrected chi connectivity index (χ0v) is 26.1. The van der Waals surface area contributed by atoms with Gasteiger partial charge in [-0.1, -0.05) is 0 Å². The van der Waals surface area contributed by atoms with E-state index in [-0.39, 0.29) is 12.6 Å². The molecule has 0 spiro atoms. The first kappa shape index (κ1) is 31.5. The highest BCUT2D eigenvalue weighted by molar-refractivity contribution is 6.15. The Labute approximate surface area is 258 Å². The number of hydrogen-bond donors (Lipinski definition) is 0. The van der Waals surface area contributed by atoms with E-state index in [1.165, 1.54) is 17.0 Å². The van der Waals surface area contributed by atoms with E-state index in [2.05, 4.69) is 0 Å². The van der Waals surface area contributed by atoms with Crippen molar-refractivity contribution in [3.8, 4) is 16.9 Å². The Balaban J connectivity index is 1.70. The van der Waals surface area contributed by atoms with Gasteiger partial charge in [0, 0.05) is 63.5 Å². The van der Waals surface area contributed by atoms with Crippen molar-refractivity contribution in [1.82, 2.24) is 19.6 Å². The molecule has 3 aliphatic rings. The maximum Gasteiger partial charge on any atom is 0.332 e. The summed E-state index contributed by atoms with van der Waals surface area (Å²) >= 11 is 0. The Hall–Kier alpha value is -3.90. The summed E-state index contributed by atoms with van der Waals surface area (Å²) in [6.45, 7) is 10.4. The number of amides is 6. The molecule has 6 amide bonds. The molecule has 0 radical (unpaired) electrons. The normalized spacial score (nSPS) is 16.8. The molecule has 12 heteroatoms. The van der Waals surface area contributed by atoms with Gasteiger partial charge in [0.15, 0.2) is 0 Å². The lowest BCUT2D eigenvalue weighted by Gasteiger charge is -2.40. The second-order valence-corrected chi connectivity index (χ2v) is 11.1. The molecule has 44 heavy (non-hydrogen) atoms. The standard InChI is InChI=1S/C32H42FN5O6/c1-5-34(6-2)30(39)37-10-9-24-25(26-20-23(33)7-8-28(26)42-4)19-22(3)29(27(24)21-37)38(31(40)35-11-15-43-16-12-35)32(41)36-13-17-44-18-14-36/h7-8,19-20H,5-6,9-18,21H2,1-4H3. The van der Waals surface area contributed by atoms with Crippen molar-refractivity contribution in [3.05, 3.63) is 46.8 Å². The summed E-state index contributed by atoms with van der Waals surface area (Å²) in [6.07, 6.45) is 0.454. The topological polar surface area (TPSA) is 95.1 Å². The molecule has 2 aromatic rings. The van der Waals surface area contributed by atoms with Crippen LogP contribution in [0.3, 0.4) is 0 Å². The van der Waals surface area contributed by atoms with Gasteiger partial charge >= 0.3 is 18.1 Å². The van der Waals surface area contributed by atoms with Crippen LogP contribution in [0.25, 0.3) is 11.1 Å². The molecule has 2 saturated heterocycles. The zero-order chi connectivity index (χ0) is 31.4. The Morgan fingerprint density at radius 1 is 0.818 bits per heavy atom. The SMILES string of the molecule is CCN(CC)C(=O)N1CCc2c(-c3cc(F)ccc3OC)cc(C)c(N(C(=O)N3CCOCC3)C(=O)N3CCOCC3)c2C1. The smallest absolute Gasteiger partial charge is 0.332 e. The van der Waals surface area contributed by atoms with Crippen LogP contribution < -0.4 is 9.64 Å². The number of imide groups is 1. The molecule has 3 aliphatic heterocycles. The molecule has 0 unspecified atom stereocenters. The Morgan fingerprint density at radius 3 is 1.95 bits per heavy atom. The maximum atomic E-state index is 14.6. The maximum absolute atomic E-state index is 14.6. The van der Waals surface area contributed by atoms with Gasteiger partial charge in [-0.3, -0.25) is 0 Å². The van der Waals surface area contributed by atoms with Crippen molar-refractivity contribution < 1.29 is 33.0 Å². The minimum absolute atomic E-state index is 0.108. The van der Waals surface area contributed by atoms with E-state index in [0.29, 0.717) is 107 Å². The van der Waals surface area contributed by atoms with Crippen molar-refractivity contribution >= 4 is 23.8 Å². The molecule has 5 rings (SSSR count). The number of aryl methyl sites for hydroxylation is 1. The van der Waals surface area contributed by atoms with Gasteiger partial charge in [0.25, 0.3) is 0 Å². The summed E-state index contributed by atoms with van der Waals surface area (Å²) in [5, 5.41) is 0. The number of anilines is 1. The summed E-state index contributed by atoms with van der Waals surface area (Å²) in [7, 11) is 1.54. The monoisotopic (exact) mass is 611 g/mol. The molecule has 0 saturated carbocycles. The third-order valence-electron chi connectivity index (χ3n) is 8.62. The van der Waals surface area contributed by atoms with Gasteiger partial charge in [-0.05, 0) is 68.1 Å². The van der Waals surface area contributed by atoms with Gasteiger partial charge < -0.3 is 33.8 Å². The van der Waals surface area contributed by atoms with Gasteiger partial charge in [0.2, 0.25) is 0 Å². The minimum atomic E-state index is -0.432. The van der Waals surface area contributed by atoms with Crippen molar-refractivity contribution in [2.45, 2.75) is 33.7 Å². The highest BCUT2D eigenvalue weighted by Gasteiger charge is 2.38. The van der Waals surface area contributed by atoms with Gasteiger partial charge in [0.1, 0.15) is 11.6 Å². The lowest BCUT2D eigenvalue weighted by atomic mass is 9.86. The molecular weight excluding hydrogens is 569 g/mol. The lowest BCUT2D eigenvalue weighted by molar-refractivity contribution is 0.0498. The number of morpholine rings is 2. The molecule has 0 aliphatic carbocycles. The highest BCUT2D eigenvalue weighted by atomic mass is 19.1. The van der Waals surface area contributed by atoms with E-state index in [1.54, 1.807) is 32.8 Å². The first-order chi connectivity index (χ1) is 21.3. The summed E-state index contributed by atoms with van der Waals surface area (Å²) < 4.78 is 31.2. The van der Waals surface area contributed by atoms with Crippen LogP contribution in [-0.4, -0.2) is 117 Å². The number of urea groups is 3. The molecule has 2 fully saturated rings. The van der Waals surface area contributed by atoms with Gasteiger partial charge in [-0.2, -0.15) is 0 Å². The molecule has 0 N–H and O–H groups in total. The van der Waals surface area contributed by atoms with Crippen LogP contribution in [0, 0.1) is 12.7 Å². The molecule has 3 heterocycles. The Kier molecular flexibility index (Phi) is 9.90. The number of hydrogen-bond acceptors (Lipinski definition) is 6. The quantitative estimate of drug-likeness (QED) is 0.500. The Morgan fingerprint density at radius 2 is 1.41 bits per heavy atom. The number of halogens is 1. The average molecular weight is 612 g/mol. The number of ether oxygens (including phenoxy) is 3. The van der Waals surface area contributed by atoms with E-state index in [9.17, 15) is 18.8 Å². The predicted octanol–water partition coefficient (Wildman–Crippen LogP) is 4.34. The fraction of sp³-hybridized carbons (Fsp3) is 0.531. The van der Waals surface area contributed by atoms with E-state index in [0.717, 1.165) is 11.1 Å². The zero-order valence-electron chi connectivity index (χ0n) is 26.1. The summed E-state index contributed by atoms with van der Waals surface area (Å²) in [5.41, 5.74) is 4.00. The van der Waals surface area contributed by atoms with Crippen LogP contribution in [0.1, 0.15) is 30.5 Å². The van der Waals surface area contributed by atoms with Crippen molar-refractivity contribution in [2.24, 2.45) is 0 Å². The number of benzene rings is 2. The molecule has 0 bridgehead atoms. The predicted molar refractivity (Wildman–Crippen MR) is 164 cm³/mol. The van der Waals surface area contributed by atoms with Crippen LogP contribution in [-0.2, 0) is 22.4 Å². The van der Waals surface area contributed by atoms with Crippen LogP contribution in [0.2, 0.25) is 0 Å². The molecule has 11 nitrogen and oxygen atoms in total. The Bertz CT molecular complexity index is 1360. The van der Waals surface area contributed by atoms with Crippen molar-refractivity contribution in [1.29, 1.82) is 0 Å². The molecule has 0 atom stereocenters. The summed E-state index contributed by atoms with van der Waals surface area (Å²) in [5.74, 6) is 0.102. The lowest BCUT2D eigenvalue weighted by Crippen LogP contribution is -2.56. The minimum Gasteiger partial charge on any atom is -0.496 e. The van der Waals surface area contributed by atoms with Crippen molar-refractivity contribution in [3.63, 3.8) is 0 Å². The van der Waals surface area contributed by atoms with Crippen LogP contribution in [0.5, 0.6) is 5.75 Å². The van der Waals surface area contributed by atoms with Gasteiger partial charge in [0.05, 0.1) is 39.2 Å². The van der Waals surface area contributed by atoms with Gasteiger partial charge in [-0.15, -0.1) is 0 Å². The third kappa shape index (κ3) is 6.18. The number of nitrogens with zero attached hydrogens (tertiary/aromatic N) is 5. The van der Waals surface area contributed by atoms with E-state index in [1.807, 2.05) is 26.8 Å². The number of fused-ring (bicyclic) bond motifs is 1. The molecule has 2 aromatic carbocycles. The number of methoxy groups -OCH3 is 1. The number of rotatable bonds is 5. The molecule has 0 aromatic heterocycles. The summed E-state index contributed by atoms with van der Waals surface area (Å²) in [4.78, 5) is 50.3. The fourth-order valence-corrected chi connectivity index (χ4v) is 6.25. The van der Waals surface area contributed by atoms with E-state index >= 15 is 0 Å². The highest BCUT2D eigenvalue weighted by Crippen LogP contribution is 2.43. The van der Waals surface area contributed by atoms with Crippen molar-refractivity contribution in [2.75, 3.05) is 84.3 Å². The van der Waals surface area contributed by atoms with E-state index < -0.39 is 17.9 Å². The second-order valence-electron chi connectivity index (χ2n) is 11.1. The first-order valence-corrected chi connectivity index (χ1v) is 15.4. The van der Waals surface area contributed by atoms with Crippen LogP contribution in [0.4, 0.5) is 24.5 Å². The summed E-state index contributed by atoms with van der Waals surface area (Å²) in [6, 6.07) is 5.32.